The summed E-state index contributed by atoms with van der Waals surface area (Å²) >= 11 is 0. The second-order valence-electron chi connectivity index (χ2n) is 9.18. The summed E-state index contributed by atoms with van der Waals surface area (Å²) in [6.07, 6.45) is 8.12. The molecule has 1 aliphatic carbocycles. The summed E-state index contributed by atoms with van der Waals surface area (Å²) in [4.78, 5) is 21.9. The number of nitrogens with one attached hydrogen (secondary N) is 2. The van der Waals surface area contributed by atoms with Gasteiger partial charge in [0.2, 0.25) is 0 Å². The average Bonchev–Trinajstić information content (AvgIpc) is 3.78. The Morgan fingerprint density at radius 3 is 2.60 bits per heavy atom. The van der Waals surface area contributed by atoms with Gasteiger partial charge in [0.1, 0.15) is 11.6 Å². The number of piperazine rings is 1. The summed E-state index contributed by atoms with van der Waals surface area (Å²) in [5.74, 6) is 3.00. The largest absolute Gasteiger partial charge is 0.373 e. The zero-order valence-electron chi connectivity index (χ0n) is 20.0. The van der Waals surface area contributed by atoms with E-state index in [0.29, 0.717) is 11.7 Å². The van der Waals surface area contributed by atoms with Crippen molar-refractivity contribution in [3.05, 3.63) is 78.3 Å². The molecule has 7 heteroatoms. The average molecular weight is 464 g/mol. The molecule has 1 saturated heterocycles. The number of hydrogen-bond donors (Lipinski definition) is 2. The molecule has 4 aromatic rings. The Balaban J connectivity index is 1.58. The first-order valence-corrected chi connectivity index (χ1v) is 12.3. The van der Waals surface area contributed by atoms with E-state index in [1.165, 1.54) is 18.4 Å². The van der Waals surface area contributed by atoms with Crippen molar-refractivity contribution in [3.63, 3.8) is 0 Å². The van der Waals surface area contributed by atoms with Crippen LogP contribution in [0.3, 0.4) is 0 Å². The highest BCUT2D eigenvalue weighted by Gasteiger charge is 2.30. The molecule has 0 unspecified atom stereocenters. The highest BCUT2D eigenvalue weighted by molar-refractivity contribution is 5.96. The van der Waals surface area contributed by atoms with Gasteiger partial charge in [0.15, 0.2) is 5.82 Å². The van der Waals surface area contributed by atoms with Crippen molar-refractivity contribution in [1.29, 1.82) is 0 Å². The molecule has 0 radical (unpaired) electrons. The minimum Gasteiger partial charge on any atom is -0.373 e. The molecular formula is C28H29N7. The molecule has 4 heterocycles. The number of pyridine rings is 2. The Morgan fingerprint density at radius 1 is 1.06 bits per heavy atom. The van der Waals surface area contributed by atoms with E-state index in [1.807, 2.05) is 43.7 Å². The van der Waals surface area contributed by atoms with Crippen LogP contribution < -0.4 is 15.5 Å². The van der Waals surface area contributed by atoms with Gasteiger partial charge in [-0.1, -0.05) is 36.9 Å². The molecule has 1 aliphatic heterocycles. The van der Waals surface area contributed by atoms with Crippen molar-refractivity contribution in [2.24, 2.45) is 0 Å². The van der Waals surface area contributed by atoms with Crippen LogP contribution in [0.1, 0.15) is 35.4 Å². The van der Waals surface area contributed by atoms with Crippen molar-refractivity contribution < 1.29 is 0 Å². The molecule has 7 nitrogen and oxygen atoms in total. The molecule has 1 saturated carbocycles. The minimum absolute atomic E-state index is 0.563. The van der Waals surface area contributed by atoms with Crippen LogP contribution in [0.5, 0.6) is 0 Å². The molecule has 0 spiro atoms. The summed E-state index contributed by atoms with van der Waals surface area (Å²) in [5.41, 5.74) is 5.93. The third-order valence-electron chi connectivity index (χ3n) is 6.90. The van der Waals surface area contributed by atoms with Crippen molar-refractivity contribution >= 4 is 28.1 Å². The van der Waals surface area contributed by atoms with Gasteiger partial charge >= 0.3 is 0 Å². The molecule has 2 fully saturated rings. The molecular weight excluding hydrogens is 434 g/mol. The van der Waals surface area contributed by atoms with Crippen LogP contribution in [0, 0.1) is 0 Å². The van der Waals surface area contributed by atoms with Crippen LogP contribution >= 0.6 is 0 Å². The lowest BCUT2D eigenvalue weighted by Gasteiger charge is -2.30. The van der Waals surface area contributed by atoms with Gasteiger partial charge in [-0.3, -0.25) is 4.98 Å². The fraction of sp³-hybridized carbons (Fsp3) is 0.286. The Morgan fingerprint density at radius 2 is 1.86 bits per heavy atom. The van der Waals surface area contributed by atoms with Crippen LogP contribution in [0.4, 0.5) is 11.6 Å². The fourth-order valence-electron chi connectivity index (χ4n) is 4.95. The van der Waals surface area contributed by atoms with Gasteiger partial charge in [0.05, 0.1) is 11.7 Å². The Labute approximate surface area is 205 Å². The first kappa shape index (κ1) is 21.7. The predicted octanol–water partition coefficient (Wildman–Crippen LogP) is 4.48. The summed E-state index contributed by atoms with van der Waals surface area (Å²) in [6, 6.07) is 12.2. The smallest absolute Gasteiger partial charge is 0.163 e. The number of hydrogen-bond acceptors (Lipinski definition) is 7. The Hall–Kier alpha value is -3.84. The van der Waals surface area contributed by atoms with E-state index in [9.17, 15) is 0 Å². The van der Waals surface area contributed by atoms with Gasteiger partial charge in [0, 0.05) is 62.1 Å². The summed E-state index contributed by atoms with van der Waals surface area (Å²) in [7, 11) is 1.88. The number of benzene rings is 1. The summed E-state index contributed by atoms with van der Waals surface area (Å²) in [5, 5.41) is 7.86. The SMILES string of the molecule is C=C(c1ccccc1)c1c(-c2nc(N3CCNCC3)c3c(C4CC4)cncc3n2)ccnc1NC. The van der Waals surface area contributed by atoms with Gasteiger partial charge < -0.3 is 15.5 Å². The summed E-state index contributed by atoms with van der Waals surface area (Å²) < 4.78 is 0. The van der Waals surface area contributed by atoms with Crippen LogP contribution in [0.2, 0.25) is 0 Å². The van der Waals surface area contributed by atoms with E-state index in [4.69, 9.17) is 9.97 Å². The van der Waals surface area contributed by atoms with Gasteiger partial charge in [-0.15, -0.1) is 0 Å². The van der Waals surface area contributed by atoms with E-state index < -0.39 is 0 Å². The van der Waals surface area contributed by atoms with Crippen molar-refractivity contribution in [2.75, 3.05) is 43.4 Å². The van der Waals surface area contributed by atoms with Crippen LogP contribution in [0.15, 0.2) is 61.6 Å². The highest BCUT2D eigenvalue weighted by atomic mass is 15.2. The molecule has 176 valence electrons. The number of anilines is 2. The number of fused-ring (bicyclic) bond motifs is 1. The van der Waals surface area contributed by atoms with E-state index in [2.05, 4.69) is 44.2 Å². The second kappa shape index (κ2) is 9.07. The van der Waals surface area contributed by atoms with E-state index in [-0.39, 0.29) is 0 Å². The molecule has 2 aliphatic rings. The van der Waals surface area contributed by atoms with Gasteiger partial charge in [-0.2, -0.15) is 0 Å². The molecule has 1 aromatic carbocycles. The third-order valence-corrected chi connectivity index (χ3v) is 6.90. The molecule has 3 aromatic heterocycles. The maximum Gasteiger partial charge on any atom is 0.163 e. The van der Waals surface area contributed by atoms with E-state index in [0.717, 1.165) is 71.0 Å². The molecule has 2 N–H and O–H groups in total. The maximum absolute atomic E-state index is 5.24. The molecule has 0 bridgehead atoms. The van der Waals surface area contributed by atoms with Crippen molar-refractivity contribution in [1.82, 2.24) is 25.3 Å². The van der Waals surface area contributed by atoms with E-state index >= 15 is 0 Å². The third kappa shape index (κ3) is 4.02. The molecule has 0 atom stereocenters. The molecule has 0 amide bonds. The van der Waals surface area contributed by atoms with Crippen LogP contribution in [0.25, 0.3) is 27.9 Å². The number of aromatic nitrogens is 4. The lowest BCUT2D eigenvalue weighted by atomic mass is 9.95. The van der Waals surface area contributed by atoms with Crippen LogP contribution in [-0.2, 0) is 0 Å². The normalized spacial score (nSPS) is 15.9. The summed E-state index contributed by atoms with van der Waals surface area (Å²) in [6.45, 7) is 8.16. The number of rotatable bonds is 6. The van der Waals surface area contributed by atoms with Gasteiger partial charge in [-0.25, -0.2) is 15.0 Å². The minimum atomic E-state index is 0.563. The lowest BCUT2D eigenvalue weighted by molar-refractivity contribution is 0.586. The first-order valence-electron chi connectivity index (χ1n) is 12.3. The second-order valence-corrected chi connectivity index (χ2v) is 9.18. The predicted molar refractivity (Wildman–Crippen MR) is 142 cm³/mol. The van der Waals surface area contributed by atoms with Crippen LogP contribution in [-0.4, -0.2) is 53.2 Å². The highest BCUT2D eigenvalue weighted by Crippen LogP contribution is 2.45. The maximum atomic E-state index is 5.24. The fourth-order valence-corrected chi connectivity index (χ4v) is 4.95. The zero-order chi connectivity index (χ0) is 23.8. The van der Waals surface area contributed by atoms with Crippen molar-refractivity contribution in [2.45, 2.75) is 18.8 Å². The lowest BCUT2D eigenvalue weighted by Crippen LogP contribution is -2.44. The zero-order valence-corrected chi connectivity index (χ0v) is 20.0. The molecule has 35 heavy (non-hydrogen) atoms. The topological polar surface area (TPSA) is 78.9 Å². The monoisotopic (exact) mass is 463 g/mol. The molecule has 6 rings (SSSR count). The van der Waals surface area contributed by atoms with E-state index in [1.54, 1.807) is 6.20 Å². The number of nitrogens with zero attached hydrogens (tertiary/aromatic N) is 5. The van der Waals surface area contributed by atoms with Crippen molar-refractivity contribution in [3.8, 4) is 11.4 Å². The quantitative estimate of drug-likeness (QED) is 0.437. The standard InChI is InChI=1S/C28H29N7/c1-18(19-6-4-3-5-7-19)24-21(10-11-32-27(24)29-2)26-33-23-17-31-16-22(20-8-9-20)25(23)28(34-26)35-14-12-30-13-15-35/h3-7,10-11,16-17,20,30H,1,8-9,12-15H2,2H3,(H,29,32). The van der Waals surface area contributed by atoms with Gasteiger partial charge in [-0.05, 0) is 41.5 Å². The Kier molecular flexibility index (Phi) is 5.62. The Bertz CT molecular complexity index is 1390. The van der Waals surface area contributed by atoms with Gasteiger partial charge in [0.25, 0.3) is 0 Å². The first-order chi connectivity index (χ1) is 17.2.